The Kier molecular flexibility index (Phi) is 5.32. The number of rotatable bonds is 6. The van der Waals surface area contributed by atoms with E-state index in [0.717, 1.165) is 11.9 Å². The molecule has 3 aromatic carbocycles. The Hall–Kier alpha value is -3.91. The first-order valence-electron chi connectivity index (χ1n) is 8.91. The van der Waals surface area contributed by atoms with Gasteiger partial charge in [-0.2, -0.15) is 0 Å². The Morgan fingerprint density at radius 2 is 1.93 bits per heavy atom. The van der Waals surface area contributed by atoms with Gasteiger partial charge in [0, 0.05) is 11.8 Å². The lowest BCUT2D eigenvalue weighted by Crippen LogP contribution is -2.10. The molecule has 0 atom stereocenters. The van der Waals surface area contributed by atoms with Gasteiger partial charge in [-0.05, 0) is 29.8 Å². The van der Waals surface area contributed by atoms with Crippen LogP contribution in [0.2, 0.25) is 5.02 Å². The van der Waals surface area contributed by atoms with Crippen molar-refractivity contribution in [2.24, 2.45) is 0 Å². The summed E-state index contributed by atoms with van der Waals surface area (Å²) in [6.45, 7) is 0.376. The number of aromatic nitrogens is 2. The SMILES string of the molecule is O=c1[nH]cnc2c([N+](=O)[O-])ccc(Nc3ccc(OCc4ccccc4)c(Cl)c3)c12. The molecule has 0 saturated carbocycles. The summed E-state index contributed by atoms with van der Waals surface area (Å²) in [5, 5.41) is 14.8. The second kappa shape index (κ2) is 8.22. The van der Waals surface area contributed by atoms with E-state index in [4.69, 9.17) is 16.3 Å². The van der Waals surface area contributed by atoms with E-state index in [-0.39, 0.29) is 16.6 Å². The summed E-state index contributed by atoms with van der Waals surface area (Å²) in [5.41, 5.74) is 1.25. The summed E-state index contributed by atoms with van der Waals surface area (Å²) in [7, 11) is 0. The zero-order valence-corrected chi connectivity index (χ0v) is 16.2. The largest absolute Gasteiger partial charge is 0.487 e. The number of aromatic amines is 1. The first kappa shape index (κ1) is 19.4. The molecule has 0 aliphatic rings. The number of hydrogen-bond donors (Lipinski definition) is 2. The Balaban J connectivity index is 1.61. The third kappa shape index (κ3) is 3.94. The van der Waals surface area contributed by atoms with Crippen molar-refractivity contribution < 1.29 is 9.66 Å². The van der Waals surface area contributed by atoms with Crippen LogP contribution >= 0.6 is 11.6 Å². The molecule has 0 radical (unpaired) electrons. The van der Waals surface area contributed by atoms with Gasteiger partial charge in [-0.25, -0.2) is 4.98 Å². The van der Waals surface area contributed by atoms with Gasteiger partial charge in [0.15, 0.2) is 5.52 Å². The zero-order valence-electron chi connectivity index (χ0n) is 15.5. The van der Waals surface area contributed by atoms with Crippen molar-refractivity contribution in [3.8, 4) is 5.75 Å². The van der Waals surface area contributed by atoms with E-state index in [1.807, 2.05) is 30.3 Å². The minimum absolute atomic E-state index is 0.00246. The van der Waals surface area contributed by atoms with Gasteiger partial charge >= 0.3 is 0 Å². The molecule has 4 rings (SSSR count). The maximum Gasteiger partial charge on any atom is 0.295 e. The summed E-state index contributed by atoms with van der Waals surface area (Å²) >= 11 is 6.34. The highest BCUT2D eigenvalue weighted by Gasteiger charge is 2.18. The molecule has 0 bridgehead atoms. The molecule has 0 spiro atoms. The molecular weight excluding hydrogens is 408 g/mol. The van der Waals surface area contributed by atoms with Crippen LogP contribution in [0.4, 0.5) is 17.1 Å². The summed E-state index contributed by atoms with van der Waals surface area (Å²) < 4.78 is 5.76. The smallest absolute Gasteiger partial charge is 0.295 e. The van der Waals surface area contributed by atoms with Crippen LogP contribution in [0, 0.1) is 10.1 Å². The van der Waals surface area contributed by atoms with Crippen LogP contribution in [0.3, 0.4) is 0 Å². The highest BCUT2D eigenvalue weighted by atomic mass is 35.5. The van der Waals surface area contributed by atoms with E-state index >= 15 is 0 Å². The fourth-order valence-corrected chi connectivity index (χ4v) is 3.24. The number of non-ortho nitro benzene ring substituents is 1. The van der Waals surface area contributed by atoms with Gasteiger partial charge in [0.1, 0.15) is 12.4 Å². The molecule has 150 valence electrons. The number of nitro groups is 1. The van der Waals surface area contributed by atoms with E-state index in [0.29, 0.717) is 28.8 Å². The number of nitrogens with one attached hydrogen (secondary N) is 2. The second-order valence-electron chi connectivity index (χ2n) is 6.39. The van der Waals surface area contributed by atoms with Gasteiger partial charge in [-0.3, -0.25) is 14.9 Å². The van der Waals surface area contributed by atoms with Gasteiger partial charge < -0.3 is 15.0 Å². The number of nitro benzene ring substituents is 1. The van der Waals surface area contributed by atoms with Gasteiger partial charge in [0.05, 0.1) is 27.3 Å². The number of fused-ring (bicyclic) bond motifs is 1. The highest BCUT2D eigenvalue weighted by molar-refractivity contribution is 6.32. The second-order valence-corrected chi connectivity index (χ2v) is 6.80. The Labute approximate surface area is 175 Å². The first-order valence-corrected chi connectivity index (χ1v) is 9.29. The van der Waals surface area contributed by atoms with Crippen molar-refractivity contribution in [1.82, 2.24) is 9.97 Å². The van der Waals surface area contributed by atoms with Gasteiger partial charge in [-0.15, -0.1) is 0 Å². The van der Waals surface area contributed by atoms with Crippen molar-refractivity contribution >= 4 is 39.6 Å². The molecular formula is C21H15ClN4O4. The Bertz CT molecular complexity index is 1290. The molecule has 1 heterocycles. The molecule has 2 N–H and O–H groups in total. The van der Waals surface area contributed by atoms with Crippen LogP contribution in [0.1, 0.15) is 5.56 Å². The molecule has 0 fully saturated rings. The fourth-order valence-electron chi connectivity index (χ4n) is 3.01. The summed E-state index contributed by atoms with van der Waals surface area (Å²) in [6.07, 6.45) is 1.14. The molecule has 4 aromatic rings. The maximum absolute atomic E-state index is 12.3. The number of H-pyrrole nitrogens is 1. The number of halogens is 1. The van der Waals surface area contributed by atoms with Crippen LogP contribution in [0.25, 0.3) is 10.9 Å². The number of hydrogen-bond acceptors (Lipinski definition) is 6. The summed E-state index contributed by atoms with van der Waals surface area (Å²) in [4.78, 5) is 29.4. The Morgan fingerprint density at radius 3 is 2.67 bits per heavy atom. The average Bonchev–Trinajstić information content (AvgIpc) is 2.74. The molecule has 0 aliphatic heterocycles. The molecule has 1 aromatic heterocycles. The van der Waals surface area contributed by atoms with Crippen LogP contribution in [0.15, 0.2) is 71.8 Å². The topological polar surface area (TPSA) is 110 Å². The quantitative estimate of drug-likeness (QED) is 0.341. The van der Waals surface area contributed by atoms with E-state index in [9.17, 15) is 14.9 Å². The van der Waals surface area contributed by atoms with Crippen LogP contribution in [-0.4, -0.2) is 14.9 Å². The molecule has 8 nitrogen and oxygen atoms in total. The average molecular weight is 423 g/mol. The zero-order chi connectivity index (χ0) is 21.1. The lowest BCUT2D eigenvalue weighted by Gasteiger charge is -2.12. The number of ether oxygens (including phenoxy) is 1. The van der Waals surface area contributed by atoms with Crippen LogP contribution in [0.5, 0.6) is 5.75 Å². The lowest BCUT2D eigenvalue weighted by molar-refractivity contribution is -0.383. The van der Waals surface area contributed by atoms with Crippen molar-refractivity contribution in [1.29, 1.82) is 0 Å². The molecule has 30 heavy (non-hydrogen) atoms. The predicted molar refractivity (Wildman–Crippen MR) is 115 cm³/mol. The van der Waals surface area contributed by atoms with Gasteiger partial charge in [0.2, 0.25) is 0 Å². The van der Waals surface area contributed by atoms with Crippen molar-refractivity contribution in [3.05, 3.63) is 98.0 Å². The van der Waals surface area contributed by atoms with E-state index in [1.165, 1.54) is 12.1 Å². The normalized spacial score (nSPS) is 10.7. The molecule has 0 aliphatic carbocycles. The number of benzene rings is 3. The monoisotopic (exact) mass is 422 g/mol. The van der Waals surface area contributed by atoms with E-state index < -0.39 is 10.5 Å². The maximum atomic E-state index is 12.3. The minimum atomic E-state index is -0.575. The van der Waals surface area contributed by atoms with Gasteiger partial charge in [-0.1, -0.05) is 41.9 Å². The van der Waals surface area contributed by atoms with E-state index in [2.05, 4.69) is 15.3 Å². The number of anilines is 2. The standard InChI is InChI=1S/C21H15ClN4O4/c22-15-10-14(6-9-18(15)30-11-13-4-2-1-3-5-13)25-16-7-8-17(26(28)29)20-19(16)21(27)24-12-23-20/h1-10,12,25H,11H2,(H,23,24,27). The molecule has 0 saturated heterocycles. The van der Waals surface area contributed by atoms with E-state index in [1.54, 1.807) is 18.2 Å². The fraction of sp³-hybridized carbons (Fsp3) is 0.0476. The van der Waals surface area contributed by atoms with Crippen LogP contribution in [-0.2, 0) is 6.61 Å². The Morgan fingerprint density at radius 1 is 1.13 bits per heavy atom. The van der Waals surface area contributed by atoms with Gasteiger partial charge in [0.25, 0.3) is 11.2 Å². The molecule has 0 unspecified atom stereocenters. The molecule has 0 amide bonds. The lowest BCUT2D eigenvalue weighted by atomic mass is 10.1. The minimum Gasteiger partial charge on any atom is -0.487 e. The van der Waals surface area contributed by atoms with Crippen molar-refractivity contribution in [3.63, 3.8) is 0 Å². The summed E-state index contributed by atoms with van der Waals surface area (Å²) in [5.74, 6) is 0.513. The third-order valence-electron chi connectivity index (χ3n) is 4.42. The predicted octanol–water partition coefficient (Wildman–Crippen LogP) is 4.81. The number of nitrogens with zero attached hydrogens (tertiary/aromatic N) is 2. The van der Waals surface area contributed by atoms with Crippen molar-refractivity contribution in [2.45, 2.75) is 6.61 Å². The summed E-state index contributed by atoms with van der Waals surface area (Å²) in [6, 6.07) is 17.6. The first-order chi connectivity index (χ1) is 14.5. The molecule has 9 heteroatoms. The highest BCUT2D eigenvalue weighted by Crippen LogP contribution is 2.33. The van der Waals surface area contributed by atoms with Crippen molar-refractivity contribution in [2.75, 3.05) is 5.32 Å². The van der Waals surface area contributed by atoms with Crippen LogP contribution < -0.4 is 15.6 Å². The third-order valence-corrected chi connectivity index (χ3v) is 4.71.